The first-order valence-corrected chi connectivity index (χ1v) is 6.90. The molecular weight excluding hydrogens is 312 g/mol. The molecule has 1 fully saturated rings. The lowest BCUT2D eigenvalue weighted by Crippen LogP contribution is -2.28. The summed E-state index contributed by atoms with van der Waals surface area (Å²) in [6, 6.07) is 9.19. The highest BCUT2D eigenvalue weighted by atomic mass is 16.7. The van der Waals surface area contributed by atoms with Crippen LogP contribution in [0.25, 0.3) is 11.2 Å². The highest BCUT2D eigenvalue weighted by molar-refractivity contribution is 5.94. The molecule has 0 saturated carbocycles. The Bertz CT molecular complexity index is 950. The van der Waals surface area contributed by atoms with E-state index in [1.165, 1.54) is 23.9 Å². The Morgan fingerprint density at radius 3 is 2.92 bits per heavy atom. The normalized spacial score (nSPS) is 16.4. The molecule has 24 heavy (non-hydrogen) atoms. The van der Waals surface area contributed by atoms with E-state index in [0.717, 1.165) is 5.69 Å². The van der Waals surface area contributed by atoms with E-state index in [-0.39, 0.29) is 5.70 Å². The molecule has 4 rings (SSSR count). The van der Waals surface area contributed by atoms with Crippen LogP contribution in [0.3, 0.4) is 0 Å². The minimum atomic E-state index is -0.563. The molecule has 0 spiro atoms. The number of aromatic nitrogens is 4. The van der Waals surface area contributed by atoms with Gasteiger partial charge < -0.3 is 9.82 Å². The molecular formula is C14H10N8O2. The van der Waals surface area contributed by atoms with Gasteiger partial charge in [0.2, 0.25) is 5.82 Å². The highest BCUT2D eigenvalue weighted by Gasteiger charge is 2.29. The van der Waals surface area contributed by atoms with Gasteiger partial charge in [-0.1, -0.05) is 23.8 Å². The maximum atomic E-state index is 11.8. The van der Waals surface area contributed by atoms with Crippen molar-refractivity contribution in [1.29, 1.82) is 0 Å². The van der Waals surface area contributed by atoms with Crippen LogP contribution in [0.4, 0.5) is 11.5 Å². The Labute approximate surface area is 134 Å². The van der Waals surface area contributed by atoms with Gasteiger partial charge in [0.05, 0.1) is 18.2 Å². The molecule has 3 aromatic rings. The van der Waals surface area contributed by atoms with Gasteiger partial charge >= 0.3 is 5.97 Å². The summed E-state index contributed by atoms with van der Waals surface area (Å²) in [4.78, 5) is 31.6. The fourth-order valence-electron chi connectivity index (χ4n) is 2.13. The number of benzene rings is 1. The van der Waals surface area contributed by atoms with E-state index in [1.807, 2.05) is 30.3 Å². The third kappa shape index (κ3) is 2.46. The molecule has 0 radical (unpaired) electrons. The molecule has 1 aliphatic rings. The number of para-hydroxylation sites is 1. The van der Waals surface area contributed by atoms with Gasteiger partial charge in [-0.25, -0.2) is 24.8 Å². The first-order chi connectivity index (χ1) is 11.8. The number of hydrazine groups is 1. The Morgan fingerprint density at radius 2 is 2.04 bits per heavy atom. The number of carbonyl (C=O) groups excluding carboxylic acids is 1. The van der Waals surface area contributed by atoms with Gasteiger partial charge in [-0.05, 0) is 12.1 Å². The van der Waals surface area contributed by atoms with Gasteiger partial charge in [-0.2, -0.15) is 5.11 Å². The van der Waals surface area contributed by atoms with Crippen LogP contribution < -0.4 is 10.6 Å². The minimum Gasteiger partial charge on any atom is -0.345 e. The molecule has 2 N–H and O–H groups in total. The maximum Gasteiger partial charge on any atom is 0.378 e. The van der Waals surface area contributed by atoms with Gasteiger partial charge in [-0.15, -0.1) is 5.11 Å². The first kappa shape index (κ1) is 14.0. The van der Waals surface area contributed by atoms with Crippen LogP contribution in [0.15, 0.2) is 65.1 Å². The summed E-state index contributed by atoms with van der Waals surface area (Å²) in [7, 11) is 0. The number of hydrogen-bond donors (Lipinski definition) is 2. The van der Waals surface area contributed by atoms with Gasteiger partial charge in [-0.3, -0.25) is 0 Å². The molecule has 1 aliphatic heterocycles. The van der Waals surface area contributed by atoms with Crippen LogP contribution in [0, 0.1) is 0 Å². The standard InChI is InChI=1S/C14H10N8O2/c23-14-10(22(21-24-14)9-4-2-1-3-5-9)6-19-20-13-11-12(16-7-15-11)17-8-18-13/h1-8,21H,(H,15,16,17,18)/b10-6+,20-19?. The third-order valence-corrected chi connectivity index (χ3v) is 3.23. The number of azo groups is 1. The molecule has 10 heteroatoms. The lowest BCUT2D eigenvalue weighted by atomic mass is 10.3. The summed E-state index contributed by atoms with van der Waals surface area (Å²) in [5.41, 5.74) is 4.49. The Kier molecular flexibility index (Phi) is 3.41. The van der Waals surface area contributed by atoms with E-state index in [2.05, 4.69) is 35.8 Å². The van der Waals surface area contributed by atoms with E-state index in [1.54, 1.807) is 0 Å². The maximum absolute atomic E-state index is 11.8. The van der Waals surface area contributed by atoms with Crippen LogP contribution in [0.2, 0.25) is 0 Å². The summed E-state index contributed by atoms with van der Waals surface area (Å²) in [5, 5.41) is 9.38. The van der Waals surface area contributed by atoms with Crippen molar-refractivity contribution in [2.24, 2.45) is 10.2 Å². The number of nitrogens with one attached hydrogen (secondary N) is 2. The van der Waals surface area contributed by atoms with E-state index in [0.29, 0.717) is 17.0 Å². The molecule has 0 amide bonds. The molecule has 2 aromatic heterocycles. The van der Waals surface area contributed by atoms with E-state index >= 15 is 0 Å². The zero-order valence-electron chi connectivity index (χ0n) is 12.1. The van der Waals surface area contributed by atoms with Crippen LogP contribution in [-0.4, -0.2) is 25.9 Å². The quantitative estimate of drug-likeness (QED) is 0.556. The number of hydrogen-bond acceptors (Lipinski definition) is 9. The van der Waals surface area contributed by atoms with Crippen LogP contribution in [-0.2, 0) is 9.63 Å². The smallest absolute Gasteiger partial charge is 0.345 e. The van der Waals surface area contributed by atoms with E-state index < -0.39 is 5.97 Å². The molecule has 1 saturated heterocycles. The summed E-state index contributed by atoms with van der Waals surface area (Å²) < 4.78 is 0. The molecule has 118 valence electrons. The number of anilines is 1. The van der Waals surface area contributed by atoms with Crippen molar-refractivity contribution < 1.29 is 9.63 Å². The number of nitrogens with zero attached hydrogens (tertiary/aromatic N) is 6. The Balaban J connectivity index is 1.64. The largest absolute Gasteiger partial charge is 0.378 e. The Hall–Kier alpha value is -3.66. The molecule has 0 aliphatic carbocycles. The number of H-pyrrole nitrogens is 1. The topological polar surface area (TPSA) is 121 Å². The van der Waals surface area contributed by atoms with Crippen molar-refractivity contribution in [3.8, 4) is 0 Å². The molecule has 0 bridgehead atoms. The van der Waals surface area contributed by atoms with Crippen LogP contribution in [0.5, 0.6) is 0 Å². The monoisotopic (exact) mass is 322 g/mol. The second-order valence-corrected chi connectivity index (χ2v) is 4.68. The molecule has 10 nitrogen and oxygen atoms in total. The fourth-order valence-corrected chi connectivity index (χ4v) is 2.13. The van der Waals surface area contributed by atoms with Crippen molar-refractivity contribution in [2.75, 3.05) is 5.01 Å². The summed E-state index contributed by atoms with van der Waals surface area (Å²) in [6.45, 7) is 0. The van der Waals surface area contributed by atoms with Gasteiger partial charge in [0.15, 0.2) is 11.3 Å². The summed E-state index contributed by atoms with van der Waals surface area (Å²) in [6.07, 6.45) is 4.12. The SMILES string of the molecule is O=C1ONN(c2ccccc2)/C1=C/N=Nc1ncnc2nc[nH]c12. The van der Waals surface area contributed by atoms with E-state index in [9.17, 15) is 4.79 Å². The Morgan fingerprint density at radius 1 is 1.17 bits per heavy atom. The molecule has 0 atom stereocenters. The van der Waals surface area contributed by atoms with Crippen molar-refractivity contribution in [1.82, 2.24) is 25.5 Å². The van der Waals surface area contributed by atoms with Gasteiger partial charge in [0.1, 0.15) is 11.8 Å². The fraction of sp³-hybridized carbons (Fsp3) is 0. The predicted molar refractivity (Wildman–Crippen MR) is 82.4 cm³/mol. The number of imidazole rings is 1. The predicted octanol–water partition coefficient (Wildman–Crippen LogP) is 1.76. The lowest BCUT2D eigenvalue weighted by Gasteiger charge is -2.14. The molecule has 3 heterocycles. The highest BCUT2D eigenvalue weighted by Crippen LogP contribution is 2.22. The van der Waals surface area contributed by atoms with E-state index in [4.69, 9.17) is 4.84 Å². The number of aromatic amines is 1. The average molecular weight is 322 g/mol. The molecule has 1 aromatic carbocycles. The zero-order chi connectivity index (χ0) is 16.4. The van der Waals surface area contributed by atoms with Crippen molar-refractivity contribution in [2.45, 2.75) is 0 Å². The van der Waals surface area contributed by atoms with Crippen LogP contribution >= 0.6 is 0 Å². The number of fused-ring (bicyclic) bond motifs is 1. The van der Waals surface area contributed by atoms with Crippen molar-refractivity contribution >= 4 is 28.6 Å². The summed E-state index contributed by atoms with van der Waals surface area (Å²) in [5.74, 6) is -0.243. The average Bonchev–Trinajstić information content (AvgIpc) is 3.23. The number of carbonyl (C=O) groups is 1. The molecule has 0 unspecified atom stereocenters. The van der Waals surface area contributed by atoms with Crippen LogP contribution in [0.1, 0.15) is 0 Å². The summed E-state index contributed by atoms with van der Waals surface area (Å²) >= 11 is 0. The second kappa shape index (κ2) is 5.85. The first-order valence-electron chi connectivity index (χ1n) is 6.90. The second-order valence-electron chi connectivity index (χ2n) is 4.68. The van der Waals surface area contributed by atoms with Crippen molar-refractivity contribution in [3.63, 3.8) is 0 Å². The van der Waals surface area contributed by atoms with Gasteiger partial charge in [0, 0.05) is 0 Å². The lowest BCUT2D eigenvalue weighted by molar-refractivity contribution is -0.140. The number of rotatable bonds is 3. The van der Waals surface area contributed by atoms with Gasteiger partial charge in [0.25, 0.3) is 0 Å². The minimum absolute atomic E-state index is 0.194. The zero-order valence-corrected chi connectivity index (χ0v) is 12.1. The third-order valence-electron chi connectivity index (χ3n) is 3.23. The van der Waals surface area contributed by atoms with Crippen molar-refractivity contribution in [3.05, 3.63) is 54.9 Å².